The van der Waals surface area contributed by atoms with Gasteiger partial charge in [0.25, 0.3) is 0 Å². The second-order valence-electron chi connectivity index (χ2n) is 4.36. The lowest BCUT2D eigenvalue weighted by molar-refractivity contribution is -0.138. The maximum atomic E-state index is 11.8. The number of ketones is 1. The lowest BCUT2D eigenvalue weighted by Gasteiger charge is -2.34. The van der Waals surface area contributed by atoms with Crippen LogP contribution in [0.5, 0.6) is 0 Å². The third kappa shape index (κ3) is 1.28. The van der Waals surface area contributed by atoms with E-state index < -0.39 is 11.4 Å². The van der Waals surface area contributed by atoms with E-state index in [0.717, 1.165) is 6.08 Å². The van der Waals surface area contributed by atoms with Gasteiger partial charge in [-0.1, -0.05) is 38.1 Å². The van der Waals surface area contributed by atoms with E-state index in [9.17, 15) is 15.0 Å². The Morgan fingerprint density at radius 1 is 1.25 bits per heavy atom. The summed E-state index contributed by atoms with van der Waals surface area (Å²) in [5.41, 5.74) is -0.517. The fourth-order valence-corrected chi connectivity index (χ4v) is 2.08. The smallest absolute Gasteiger partial charge is 0.195 e. The molecule has 0 radical (unpaired) electrons. The molecule has 0 spiro atoms. The van der Waals surface area contributed by atoms with Crippen LogP contribution in [0.15, 0.2) is 30.3 Å². The van der Waals surface area contributed by atoms with E-state index in [2.05, 4.69) is 0 Å². The van der Waals surface area contributed by atoms with Crippen LogP contribution in [0, 0.1) is 5.92 Å². The van der Waals surface area contributed by atoms with E-state index in [0.29, 0.717) is 11.1 Å². The maximum Gasteiger partial charge on any atom is 0.195 e. The summed E-state index contributed by atoms with van der Waals surface area (Å²) in [4.78, 5) is 11.8. The van der Waals surface area contributed by atoms with Crippen LogP contribution in [0.1, 0.15) is 25.0 Å². The molecule has 0 aromatic heterocycles. The third-order valence-corrected chi connectivity index (χ3v) is 3.09. The van der Waals surface area contributed by atoms with Crippen molar-refractivity contribution < 1.29 is 15.0 Å². The Morgan fingerprint density at radius 2 is 1.88 bits per heavy atom. The summed E-state index contributed by atoms with van der Waals surface area (Å²) in [6.45, 7) is 3.57. The molecule has 0 fully saturated rings. The van der Waals surface area contributed by atoms with Gasteiger partial charge in [-0.25, -0.2) is 0 Å². The van der Waals surface area contributed by atoms with Crippen LogP contribution in [0.3, 0.4) is 0 Å². The van der Waals surface area contributed by atoms with Crippen molar-refractivity contribution in [1.29, 1.82) is 0 Å². The quantitative estimate of drug-likeness (QED) is 0.758. The highest BCUT2D eigenvalue weighted by atomic mass is 16.3. The molecule has 0 amide bonds. The molecule has 0 saturated heterocycles. The Kier molecular flexibility index (Phi) is 2.35. The van der Waals surface area contributed by atoms with E-state index in [1.165, 1.54) is 0 Å². The zero-order valence-electron chi connectivity index (χ0n) is 9.27. The lowest BCUT2D eigenvalue weighted by atomic mass is 9.74. The van der Waals surface area contributed by atoms with Gasteiger partial charge in [-0.2, -0.15) is 0 Å². The van der Waals surface area contributed by atoms with Gasteiger partial charge >= 0.3 is 0 Å². The molecule has 16 heavy (non-hydrogen) atoms. The highest BCUT2D eigenvalue weighted by Crippen LogP contribution is 2.39. The van der Waals surface area contributed by atoms with Gasteiger partial charge < -0.3 is 10.2 Å². The van der Waals surface area contributed by atoms with Gasteiger partial charge in [-0.3, -0.25) is 4.79 Å². The molecule has 1 aromatic carbocycles. The zero-order valence-corrected chi connectivity index (χ0v) is 9.27. The van der Waals surface area contributed by atoms with Gasteiger partial charge in [0.05, 0.1) is 0 Å². The molecule has 1 aliphatic rings. The van der Waals surface area contributed by atoms with Crippen molar-refractivity contribution in [3.63, 3.8) is 0 Å². The van der Waals surface area contributed by atoms with Crippen molar-refractivity contribution in [1.82, 2.24) is 0 Å². The Morgan fingerprint density at radius 3 is 2.50 bits per heavy atom. The van der Waals surface area contributed by atoms with E-state index in [1.807, 2.05) is 0 Å². The molecular formula is C13H14O3. The molecule has 3 heteroatoms. The predicted octanol–water partition coefficient (Wildman–Crippen LogP) is 2.01. The molecule has 84 valence electrons. The summed E-state index contributed by atoms with van der Waals surface area (Å²) >= 11 is 0. The van der Waals surface area contributed by atoms with Crippen LogP contribution in [0.2, 0.25) is 0 Å². The van der Waals surface area contributed by atoms with Gasteiger partial charge in [0.2, 0.25) is 0 Å². The second kappa shape index (κ2) is 3.46. The largest absolute Gasteiger partial charge is 0.507 e. The zero-order chi connectivity index (χ0) is 11.9. The van der Waals surface area contributed by atoms with Crippen LogP contribution in [0.25, 0.3) is 5.76 Å². The third-order valence-electron chi connectivity index (χ3n) is 3.09. The van der Waals surface area contributed by atoms with Crippen molar-refractivity contribution in [2.45, 2.75) is 19.4 Å². The number of aliphatic hydroxyl groups is 2. The normalized spacial score (nSPS) is 24.2. The summed E-state index contributed by atoms with van der Waals surface area (Å²) in [5, 5.41) is 20.2. The van der Waals surface area contributed by atoms with Crippen molar-refractivity contribution in [2.75, 3.05) is 0 Å². The summed E-state index contributed by atoms with van der Waals surface area (Å²) < 4.78 is 0. The minimum Gasteiger partial charge on any atom is -0.507 e. The van der Waals surface area contributed by atoms with Crippen LogP contribution >= 0.6 is 0 Å². The Balaban J connectivity index is 2.72. The van der Waals surface area contributed by atoms with Crippen LogP contribution in [-0.2, 0) is 10.4 Å². The standard InChI is InChI=1S/C13H14O3/c1-8(2)13(16)10-6-4-3-5-9(10)11(14)7-12(13)15/h3-8,14,16H,1-2H3. The first-order valence-electron chi connectivity index (χ1n) is 5.25. The SMILES string of the molecule is CC(C)C1(O)C(=O)C=C(O)c2ccccc21. The van der Waals surface area contributed by atoms with Gasteiger partial charge in [-0.05, 0) is 5.92 Å². The van der Waals surface area contributed by atoms with Crippen LogP contribution < -0.4 is 0 Å². The highest BCUT2D eigenvalue weighted by Gasteiger charge is 2.44. The summed E-state index contributed by atoms with van der Waals surface area (Å²) in [7, 11) is 0. The van der Waals surface area contributed by atoms with Gasteiger partial charge in [0.15, 0.2) is 11.4 Å². The van der Waals surface area contributed by atoms with E-state index >= 15 is 0 Å². The first kappa shape index (κ1) is 10.9. The number of fused-ring (bicyclic) bond motifs is 1. The molecule has 0 saturated carbocycles. The number of carbonyl (C=O) groups excluding carboxylic acids is 1. The maximum absolute atomic E-state index is 11.8. The number of hydrogen-bond acceptors (Lipinski definition) is 3. The molecule has 0 heterocycles. The monoisotopic (exact) mass is 218 g/mol. The van der Waals surface area contributed by atoms with Gasteiger partial charge in [0, 0.05) is 17.2 Å². The fourth-order valence-electron chi connectivity index (χ4n) is 2.08. The summed E-state index contributed by atoms with van der Waals surface area (Å²) in [6, 6.07) is 6.88. The van der Waals surface area contributed by atoms with Crippen LogP contribution in [-0.4, -0.2) is 16.0 Å². The minimum absolute atomic E-state index is 0.0778. The number of carbonyl (C=O) groups is 1. The molecule has 1 unspecified atom stereocenters. The number of benzene rings is 1. The molecule has 2 rings (SSSR count). The topological polar surface area (TPSA) is 57.5 Å². The first-order chi connectivity index (χ1) is 7.48. The molecule has 1 atom stereocenters. The predicted molar refractivity (Wildman–Crippen MR) is 60.8 cm³/mol. The van der Waals surface area contributed by atoms with Crippen molar-refractivity contribution in [3.05, 3.63) is 41.5 Å². The highest BCUT2D eigenvalue weighted by molar-refractivity contribution is 6.05. The average Bonchev–Trinajstić information content (AvgIpc) is 2.26. The van der Waals surface area contributed by atoms with Crippen molar-refractivity contribution in [2.24, 2.45) is 5.92 Å². The summed E-state index contributed by atoms with van der Waals surface area (Å²) in [6.07, 6.45) is 1.10. The molecule has 1 aromatic rings. The minimum atomic E-state index is -1.52. The molecular weight excluding hydrogens is 204 g/mol. The van der Waals surface area contributed by atoms with E-state index in [4.69, 9.17) is 0 Å². The summed E-state index contributed by atoms with van der Waals surface area (Å²) in [5.74, 6) is -0.782. The number of hydrogen-bond donors (Lipinski definition) is 2. The Bertz CT molecular complexity index is 474. The average molecular weight is 218 g/mol. The van der Waals surface area contributed by atoms with E-state index in [1.54, 1.807) is 38.1 Å². The van der Waals surface area contributed by atoms with Crippen molar-refractivity contribution in [3.8, 4) is 0 Å². The van der Waals surface area contributed by atoms with E-state index in [-0.39, 0.29) is 11.7 Å². The Labute approximate surface area is 94.0 Å². The Hall–Kier alpha value is -1.61. The molecule has 3 nitrogen and oxygen atoms in total. The van der Waals surface area contributed by atoms with Gasteiger partial charge in [0.1, 0.15) is 5.76 Å². The second-order valence-corrected chi connectivity index (χ2v) is 4.36. The molecule has 2 N–H and O–H groups in total. The first-order valence-corrected chi connectivity index (χ1v) is 5.25. The van der Waals surface area contributed by atoms with Crippen molar-refractivity contribution >= 4 is 11.5 Å². The lowest BCUT2D eigenvalue weighted by Crippen LogP contribution is -2.42. The van der Waals surface area contributed by atoms with Crippen LogP contribution in [0.4, 0.5) is 0 Å². The molecule has 1 aliphatic carbocycles. The fraction of sp³-hybridized carbons (Fsp3) is 0.308. The molecule has 0 bridgehead atoms. The molecule has 0 aliphatic heterocycles. The number of aliphatic hydroxyl groups excluding tert-OH is 1. The van der Waals surface area contributed by atoms with Gasteiger partial charge in [-0.15, -0.1) is 0 Å². The number of rotatable bonds is 1.